The van der Waals surface area contributed by atoms with Crippen LogP contribution in [0.15, 0.2) is 12.2 Å². The van der Waals surface area contributed by atoms with E-state index < -0.39 is 6.10 Å². The molecule has 1 aliphatic carbocycles. The Kier molecular flexibility index (Phi) is 7.72. The lowest BCUT2D eigenvalue weighted by molar-refractivity contribution is -0.128. The largest absolute Gasteiger partial charge is 0.394 e. The maximum absolute atomic E-state index is 12.1. The molecule has 3 atom stereocenters. The summed E-state index contributed by atoms with van der Waals surface area (Å²) < 4.78 is 5.74. The van der Waals surface area contributed by atoms with Crippen LogP contribution in [0, 0.1) is 5.92 Å². The Bertz CT molecular complexity index is 446. The van der Waals surface area contributed by atoms with E-state index in [9.17, 15) is 14.7 Å². The molecule has 0 unspecified atom stereocenters. The maximum Gasteiger partial charge on any atom is 0.222 e. The van der Waals surface area contributed by atoms with Crippen molar-refractivity contribution in [1.82, 2.24) is 10.6 Å². The standard InChI is InChI=1S/C18H30N2O4/c1-2-17(22)20-15-9-8-14(24-16(15)12-21)10-18(23)19-11-13-6-4-3-5-7-13/h8-9,13-16,21H,2-7,10-12H2,1H3,(H,19,23)(H,20,22)/t14-,15-,16-/m1/s1. The summed E-state index contributed by atoms with van der Waals surface area (Å²) in [5.74, 6) is 0.489. The number of aliphatic hydroxyl groups is 1. The molecule has 24 heavy (non-hydrogen) atoms. The summed E-state index contributed by atoms with van der Waals surface area (Å²) in [7, 11) is 0. The molecule has 6 nitrogen and oxygen atoms in total. The summed E-state index contributed by atoms with van der Waals surface area (Å²) in [6.07, 6.45) is 9.61. The van der Waals surface area contributed by atoms with E-state index in [0.29, 0.717) is 12.3 Å². The molecular formula is C18H30N2O4. The molecule has 1 aliphatic heterocycles. The van der Waals surface area contributed by atoms with Crippen LogP contribution in [-0.2, 0) is 14.3 Å². The summed E-state index contributed by atoms with van der Waals surface area (Å²) >= 11 is 0. The highest BCUT2D eigenvalue weighted by Crippen LogP contribution is 2.23. The predicted octanol–water partition coefficient (Wildman–Crippen LogP) is 1.28. The molecule has 0 spiro atoms. The Morgan fingerprint density at radius 1 is 1.17 bits per heavy atom. The molecule has 3 N–H and O–H groups in total. The van der Waals surface area contributed by atoms with Gasteiger partial charge in [0.2, 0.25) is 11.8 Å². The van der Waals surface area contributed by atoms with Crippen LogP contribution in [0.4, 0.5) is 0 Å². The van der Waals surface area contributed by atoms with Gasteiger partial charge in [-0.25, -0.2) is 0 Å². The molecule has 2 rings (SSSR count). The van der Waals surface area contributed by atoms with Crippen molar-refractivity contribution < 1.29 is 19.4 Å². The SMILES string of the molecule is CCC(=O)N[C@@H]1C=C[C@H](CC(=O)NCC2CCCCC2)O[C@@H]1CO. The fraction of sp³-hybridized carbons (Fsp3) is 0.778. The Hall–Kier alpha value is -1.40. The van der Waals surface area contributed by atoms with Gasteiger partial charge in [-0.3, -0.25) is 9.59 Å². The van der Waals surface area contributed by atoms with Gasteiger partial charge in [0, 0.05) is 13.0 Å². The monoisotopic (exact) mass is 338 g/mol. The van der Waals surface area contributed by atoms with Crippen molar-refractivity contribution in [2.24, 2.45) is 5.92 Å². The summed E-state index contributed by atoms with van der Waals surface area (Å²) in [4.78, 5) is 23.6. The predicted molar refractivity (Wildman–Crippen MR) is 91.3 cm³/mol. The van der Waals surface area contributed by atoms with E-state index in [1.807, 2.05) is 6.08 Å². The number of aliphatic hydroxyl groups excluding tert-OH is 1. The van der Waals surface area contributed by atoms with Crippen molar-refractivity contribution in [1.29, 1.82) is 0 Å². The fourth-order valence-electron chi connectivity index (χ4n) is 3.33. The first-order valence-corrected chi connectivity index (χ1v) is 9.13. The zero-order valence-electron chi connectivity index (χ0n) is 14.5. The highest BCUT2D eigenvalue weighted by molar-refractivity contribution is 5.77. The molecule has 2 aliphatic rings. The van der Waals surface area contributed by atoms with E-state index >= 15 is 0 Å². The molecule has 2 amide bonds. The summed E-state index contributed by atoms with van der Waals surface area (Å²) in [5.41, 5.74) is 0. The highest BCUT2D eigenvalue weighted by Gasteiger charge is 2.28. The summed E-state index contributed by atoms with van der Waals surface area (Å²) in [6, 6.07) is -0.344. The van der Waals surface area contributed by atoms with E-state index in [-0.39, 0.29) is 37.0 Å². The molecule has 1 heterocycles. The zero-order valence-corrected chi connectivity index (χ0v) is 14.5. The van der Waals surface area contributed by atoms with E-state index in [4.69, 9.17) is 4.74 Å². The molecule has 0 aromatic heterocycles. The normalized spacial score (nSPS) is 27.7. The number of nitrogens with one attached hydrogen (secondary N) is 2. The molecule has 1 saturated carbocycles. The number of carbonyl (C=O) groups is 2. The number of amides is 2. The summed E-state index contributed by atoms with van der Waals surface area (Å²) in [6.45, 7) is 2.32. The molecule has 0 aromatic rings. The van der Waals surface area contributed by atoms with Crippen molar-refractivity contribution in [2.45, 2.75) is 70.1 Å². The molecule has 0 bridgehead atoms. The molecule has 6 heteroatoms. The van der Waals surface area contributed by atoms with E-state index in [1.54, 1.807) is 13.0 Å². The van der Waals surface area contributed by atoms with Gasteiger partial charge in [-0.1, -0.05) is 38.3 Å². The van der Waals surface area contributed by atoms with Crippen LogP contribution < -0.4 is 10.6 Å². The van der Waals surface area contributed by atoms with E-state index in [0.717, 1.165) is 6.54 Å². The first kappa shape index (κ1) is 18.9. The first-order valence-electron chi connectivity index (χ1n) is 9.13. The molecule has 136 valence electrons. The summed E-state index contributed by atoms with van der Waals surface area (Å²) in [5, 5.41) is 15.3. The minimum Gasteiger partial charge on any atom is -0.394 e. The van der Waals surface area contributed by atoms with Crippen LogP contribution in [-0.4, -0.2) is 48.3 Å². The molecule has 0 saturated heterocycles. The maximum atomic E-state index is 12.1. The lowest BCUT2D eigenvalue weighted by Crippen LogP contribution is -2.49. The van der Waals surface area contributed by atoms with Crippen molar-refractivity contribution >= 4 is 11.8 Å². The molecule has 0 aromatic carbocycles. The van der Waals surface area contributed by atoms with Gasteiger partial charge in [0.15, 0.2) is 0 Å². The smallest absolute Gasteiger partial charge is 0.222 e. The Morgan fingerprint density at radius 3 is 2.58 bits per heavy atom. The lowest BCUT2D eigenvalue weighted by Gasteiger charge is -2.31. The lowest BCUT2D eigenvalue weighted by atomic mass is 9.89. The minimum atomic E-state index is -0.512. The third-order valence-corrected chi connectivity index (χ3v) is 4.81. The topological polar surface area (TPSA) is 87.7 Å². The fourth-order valence-corrected chi connectivity index (χ4v) is 3.33. The van der Waals surface area contributed by atoms with Crippen molar-refractivity contribution in [3.05, 3.63) is 12.2 Å². The molecule has 0 radical (unpaired) electrons. The van der Waals surface area contributed by atoms with Gasteiger partial charge in [0.25, 0.3) is 0 Å². The third kappa shape index (κ3) is 5.91. The van der Waals surface area contributed by atoms with Crippen LogP contribution in [0.1, 0.15) is 51.9 Å². The molecule has 1 fully saturated rings. The quantitative estimate of drug-likeness (QED) is 0.610. The van der Waals surface area contributed by atoms with Gasteiger partial charge in [-0.05, 0) is 18.8 Å². The van der Waals surface area contributed by atoms with Crippen molar-refractivity contribution in [3.63, 3.8) is 0 Å². The molecular weight excluding hydrogens is 308 g/mol. The Labute approximate surface area is 144 Å². The van der Waals surface area contributed by atoms with Crippen molar-refractivity contribution in [2.75, 3.05) is 13.2 Å². The van der Waals surface area contributed by atoms with Gasteiger partial charge < -0.3 is 20.5 Å². The number of hydrogen-bond acceptors (Lipinski definition) is 4. The van der Waals surface area contributed by atoms with Crippen LogP contribution in [0.5, 0.6) is 0 Å². The van der Waals surface area contributed by atoms with Crippen LogP contribution in [0.2, 0.25) is 0 Å². The second-order valence-electron chi connectivity index (χ2n) is 6.74. The van der Waals surface area contributed by atoms with Gasteiger partial charge in [-0.2, -0.15) is 0 Å². The number of ether oxygens (including phenoxy) is 1. The minimum absolute atomic E-state index is 0.0250. The van der Waals surface area contributed by atoms with Crippen molar-refractivity contribution in [3.8, 4) is 0 Å². The number of rotatable bonds is 7. The van der Waals surface area contributed by atoms with Gasteiger partial charge in [0.1, 0.15) is 6.10 Å². The average Bonchev–Trinajstić information content (AvgIpc) is 2.62. The Morgan fingerprint density at radius 2 is 1.92 bits per heavy atom. The third-order valence-electron chi connectivity index (χ3n) is 4.81. The Balaban J connectivity index is 1.76. The van der Waals surface area contributed by atoms with Gasteiger partial charge in [-0.15, -0.1) is 0 Å². The average molecular weight is 338 g/mol. The second kappa shape index (κ2) is 9.79. The zero-order chi connectivity index (χ0) is 17.4. The number of carbonyl (C=O) groups excluding carboxylic acids is 2. The first-order chi connectivity index (χ1) is 11.6. The van der Waals surface area contributed by atoms with Crippen LogP contribution >= 0.6 is 0 Å². The second-order valence-corrected chi connectivity index (χ2v) is 6.74. The van der Waals surface area contributed by atoms with E-state index in [2.05, 4.69) is 10.6 Å². The van der Waals surface area contributed by atoms with Gasteiger partial charge >= 0.3 is 0 Å². The van der Waals surface area contributed by atoms with Crippen LogP contribution in [0.25, 0.3) is 0 Å². The number of hydrogen-bond donors (Lipinski definition) is 3. The highest BCUT2D eigenvalue weighted by atomic mass is 16.5. The van der Waals surface area contributed by atoms with Crippen LogP contribution in [0.3, 0.4) is 0 Å². The van der Waals surface area contributed by atoms with Gasteiger partial charge in [0.05, 0.1) is 25.2 Å². The van der Waals surface area contributed by atoms with E-state index in [1.165, 1.54) is 32.1 Å².